The van der Waals surface area contributed by atoms with Crippen LogP contribution < -0.4 is 14.9 Å². The Kier molecular flexibility index (Phi) is 7.71. The van der Waals surface area contributed by atoms with Gasteiger partial charge in [-0.15, -0.1) is 0 Å². The van der Waals surface area contributed by atoms with Gasteiger partial charge in [0.1, 0.15) is 23.3 Å². The van der Waals surface area contributed by atoms with Gasteiger partial charge in [0.2, 0.25) is 0 Å². The summed E-state index contributed by atoms with van der Waals surface area (Å²) in [7, 11) is 6.80. The van der Waals surface area contributed by atoms with Crippen LogP contribution in [0.3, 0.4) is 0 Å². The zero-order chi connectivity index (χ0) is 25.3. The van der Waals surface area contributed by atoms with Gasteiger partial charge in [-0.05, 0) is 43.4 Å². The molecule has 1 aromatic rings. The van der Waals surface area contributed by atoms with Crippen LogP contribution in [0.5, 0.6) is 11.5 Å². The average Bonchev–Trinajstić information content (AvgIpc) is 3.55. The number of nitrogens with one attached hydrogen (secondary N) is 1. The Labute approximate surface area is 217 Å². The lowest BCUT2D eigenvalue weighted by molar-refractivity contribution is -0.130. The molecule has 3 heterocycles. The van der Waals surface area contributed by atoms with Crippen LogP contribution in [-0.2, 0) is 25.6 Å². The van der Waals surface area contributed by atoms with Gasteiger partial charge < -0.3 is 33.3 Å². The van der Waals surface area contributed by atoms with E-state index < -0.39 is 5.72 Å². The predicted molar refractivity (Wildman–Crippen MR) is 138 cm³/mol. The van der Waals surface area contributed by atoms with Crippen molar-refractivity contribution in [1.82, 2.24) is 15.3 Å². The van der Waals surface area contributed by atoms with E-state index in [1.807, 2.05) is 12.1 Å². The van der Waals surface area contributed by atoms with E-state index in [4.69, 9.17) is 28.4 Å². The summed E-state index contributed by atoms with van der Waals surface area (Å²) < 4.78 is 34.3. The Hall–Kier alpha value is -1.95. The van der Waals surface area contributed by atoms with E-state index in [1.165, 1.54) is 12.8 Å². The van der Waals surface area contributed by atoms with Crippen molar-refractivity contribution in [3.63, 3.8) is 0 Å². The highest BCUT2D eigenvalue weighted by Gasteiger charge is 2.49. The Morgan fingerprint density at radius 3 is 2.31 bits per heavy atom. The van der Waals surface area contributed by atoms with Gasteiger partial charge in [-0.3, -0.25) is 5.01 Å². The fourth-order valence-corrected chi connectivity index (χ4v) is 6.24. The third-order valence-electron chi connectivity index (χ3n) is 7.09. The average molecular weight is 520 g/mol. The van der Waals surface area contributed by atoms with Crippen molar-refractivity contribution in [2.45, 2.75) is 32.1 Å². The molecule has 0 amide bonds. The van der Waals surface area contributed by atoms with Crippen LogP contribution >= 0.6 is 11.8 Å². The first-order valence-corrected chi connectivity index (χ1v) is 13.3. The molecule has 5 rings (SSSR count). The molecule has 1 saturated heterocycles. The maximum atomic E-state index is 6.13. The van der Waals surface area contributed by atoms with Crippen LogP contribution in [0, 0.1) is 11.8 Å². The summed E-state index contributed by atoms with van der Waals surface area (Å²) in [6, 6.07) is 4.01. The monoisotopic (exact) mass is 519 g/mol. The molecule has 36 heavy (non-hydrogen) atoms. The molecule has 4 aliphatic rings. The third-order valence-corrected chi connectivity index (χ3v) is 8.03. The van der Waals surface area contributed by atoms with E-state index in [-0.39, 0.29) is 0 Å². The minimum atomic E-state index is -0.691. The second-order valence-corrected chi connectivity index (χ2v) is 10.7. The lowest BCUT2D eigenvalue weighted by Gasteiger charge is -2.38. The van der Waals surface area contributed by atoms with Crippen molar-refractivity contribution < 1.29 is 28.4 Å². The van der Waals surface area contributed by atoms with Gasteiger partial charge in [0.05, 0.1) is 51.0 Å². The van der Waals surface area contributed by atoms with Crippen molar-refractivity contribution in [3.8, 4) is 11.5 Å². The second kappa shape index (κ2) is 10.8. The van der Waals surface area contributed by atoms with E-state index in [0.717, 1.165) is 52.1 Å². The van der Waals surface area contributed by atoms with Crippen LogP contribution in [0.15, 0.2) is 28.3 Å². The van der Waals surface area contributed by atoms with Gasteiger partial charge in [0.15, 0.2) is 5.72 Å². The number of rotatable bonds is 11. The van der Waals surface area contributed by atoms with Gasteiger partial charge in [-0.25, -0.2) is 0 Å². The number of hydrazine groups is 1. The van der Waals surface area contributed by atoms with Gasteiger partial charge in [0, 0.05) is 38.6 Å². The molecule has 0 unspecified atom stereocenters. The second-order valence-electron chi connectivity index (χ2n) is 9.84. The number of methoxy groups -OCH3 is 4. The summed E-state index contributed by atoms with van der Waals surface area (Å²) in [4.78, 5) is 2.49. The Morgan fingerprint density at radius 1 is 1.06 bits per heavy atom. The molecule has 9 nitrogen and oxygen atoms in total. The smallest absolute Gasteiger partial charge is 0.176 e. The summed E-state index contributed by atoms with van der Waals surface area (Å²) in [6.07, 6.45) is 2.55. The highest BCUT2D eigenvalue weighted by atomic mass is 32.2. The van der Waals surface area contributed by atoms with Gasteiger partial charge >= 0.3 is 0 Å². The minimum absolute atomic E-state index is 0.313. The van der Waals surface area contributed by atoms with Crippen molar-refractivity contribution in [2.75, 3.05) is 61.5 Å². The van der Waals surface area contributed by atoms with E-state index in [0.29, 0.717) is 38.4 Å². The summed E-state index contributed by atoms with van der Waals surface area (Å²) in [5, 5.41) is 5.38. The molecule has 1 atom stereocenters. The predicted octanol–water partition coefficient (Wildman–Crippen LogP) is 3.58. The molecular formula is C26H37N3O6S. The van der Waals surface area contributed by atoms with Gasteiger partial charge in [0.25, 0.3) is 0 Å². The molecule has 1 saturated carbocycles. The molecule has 198 valence electrons. The number of hydrogen-bond donors (Lipinski definition) is 1. The molecule has 1 aliphatic carbocycles. The number of fused-ring (bicyclic) bond motifs is 1. The topological polar surface area (TPSA) is 73.9 Å². The van der Waals surface area contributed by atoms with Crippen LogP contribution in [0.2, 0.25) is 0 Å². The third kappa shape index (κ3) is 4.94. The normalized spacial score (nSPS) is 24.2. The molecule has 1 aromatic carbocycles. The number of benzene rings is 1. The van der Waals surface area contributed by atoms with Gasteiger partial charge in [-0.2, -0.15) is 5.43 Å². The fraction of sp³-hybridized carbons (Fsp3) is 0.615. The van der Waals surface area contributed by atoms with Crippen molar-refractivity contribution in [2.24, 2.45) is 11.8 Å². The Bertz CT molecular complexity index is 998. The standard InChI is InChI=1S/C26H37N3O6S/c1-26(33-5)24(28(10-17-6-7-17)11-19-13-34-16-35-14-19)25-29(27-26)20(15-36-25)23-21(31-3)8-18(12-30-2)9-22(23)32-4/h8-9,15,17,19,27H,6-7,10-14,16H2,1-5H3/t26-/m0/s1. The number of thioether (sulfide) groups is 1. The quantitative estimate of drug-likeness (QED) is 0.469. The molecular weight excluding hydrogens is 482 g/mol. The first-order valence-electron chi connectivity index (χ1n) is 12.4. The SMILES string of the molecule is COCc1cc(OC)c(C2=CSC3=C(N(CC4CC4)CC4COCOC4)[C@](C)(OC)NN23)c(OC)c1. The molecule has 0 aromatic heterocycles. The van der Waals surface area contributed by atoms with Crippen LogP contribution in [-0.4, -0.2) is 77.2 Å². The maximum Gasteiger partial charge on any atom is 0.176 e. The zero-order valence-electron chi connectivity index (χ0n) is 21.8. The Morgan fingerprint density at radius 2 is 1.72 bits per heavy atom. The summed E-state index contributed by atoms with van der Waals surface area (Å²) in [6.45, 7) is 6.23. The Balaban J connectivity index is 1.51. The summed E-state index contributed by atoms with van der Waals surface area (Å²) >= 11 is 1.69. The first-order chi connectivity index (χ1) is 17.5. The lowest BCUT2D eigenvalue weighted by atomic mass is 10.1. The van der Waals surface area contributed by atoms with Crippen molar-refractivity contribution >= 4 is 17.5 Å². The van der Waals surface area contributed by atoms with E-state index in [2.05, 4.69) is 27.7 Å². The molecule has 3 aliphatic heterocycles. The molecule has 0 spiro atoms. The summed E-state index contributed by atoms with van der Waals surface area (Å²) in [5.41, 5.74) is 6.93. The van der Waals surface area contributed by atoms with Crippen LogP contribution in [0.1, 0.15) is 30.9 Å². The molecule has 10 heteroatoms. The lowest BCUT2D eigenvalue weighted by Crippen LogP contribution is -2.51. The van der Waals surface area contributed by atoms with Crippen LogP contribution in [0.25, 0.3) is 5.70 Å². The molecule has 1 N–H and O–H groups in total. The first kappa shape index (κ1) is 25.7. The number of ether oxygens (including phenoxy) is 6. The fourth-order valence-electron chi connectivity index (χ4n) is 5.11. The highest BCUT2D eigenvalue weighted by molar-refractivity contribution is 8.06. The van der Waals surface area contributed by atoms with E-state index in [1.54, 1.807) is 40.2 Å². The molecule has 2 fully saturated rings. The van der Waals surface area contributed by atoms with E-state index in [9.17, 15) is 0 Å². The van der Waals surface area contributed by atoms with Crippen molar-refractivity contribution in [1.29, 1.82) is 0 Å². The van der Waals surface area contributed by atoms with Crippen LogP contribution in [0.4, 0.5) is 0 Å². The molecule has 0 radical (unpaired) electrons. The number of nitrogens with zero attached hydrogens (tertiary/aromatic N) is 2. The number of hydrogen-bond acceptors (Lipinski definition) is 10. The minimum Gasteiger partial charge on any atom is -0.496 e. The van der Waals surface area contributed by atoms with E-state index >= 15 is 0 Å². The summed E-state index contributed by atoms with van der Waals surface area (Å²) in [5.74, 6) is 2.49. The van der Waals surface area contributed by atoms with Crippen molar-refractivity contribution in [3.05, 3.63) is 39.4 Å². The zero-order valence-corrected chi connectivity index (χ0v) is 22.6. The van der Waals surface area contributed by atoms with Gasteiger partial charge in [-0.1, -0.05) is 11.8 Å². The highest BCUT2D eigenvalue weighted by Crippen LogP contribution is 2.52. The largest absolute Gasteiger partial charge is 0.496 e. The maximum absolute atomic E-state index is 6.13. The molecule has 0 bridgehead atoms.